The zero-order valence-corrected chi connectivity index (χ0v) is 32.2. The maximum Gasteiger partial charge on any atom is 0.0640 e. The molecule has 9 aromatic carbocycles. The second-order valence-corrected chi connectivity index (χ2v) is 15.1. The van der Waals surface area contributed by atoms with Gasteiger partial charge in [0, 0.05) is 55.1 Å². The van der Waals surface area contributed by atoms with Gasteiger partial charge in [0.15, 0.2) is 0 Å². The lowest BCUT2D eigenvalue weighted by Crippen LogP contribution is -2.11. The molecule has 0 radical (unpaired) electrons. The predicted molar refractivity (Wildman–Crippen MR) is 244 cm³/mol. The number of hydrogen-bond acceptors (Lipinski definition) is 2. The highest BCUT2D eigenvalue weighted by atomic mass is 15.2. The number of rotatable bonds is 8. The number of fused-ring (bicyclic) bond motifs is 8. The summed E-state index contributed by atoms with van der Waals surface area (Å²) in [5, 5.41) is 9.88. The lowest BCUT2D eigenvalue weighted by Gasteiger charge is -2.29. The molecule has 0 bridgehead atoms. The Morgan fingerprint density at radius 3 is 1.16 bits per heavy atom. The molecule has 0 atom stereocenters. The fraction of sp³-hybridized carbons (Fsp3) is 0.0741. The van der Waals surface area contributed by atoms with E-state index in [2.05, 4.69) is 216 Å². The minimum absolute atomic E-state index is 1.00. The van der Waals surface area contributed by atoms with E-state index in [4.69, 9.17) is 0 Å². The van der Waals surface area contributed by atoms with Crippen LogP contribution >= 0.6 is 0 Å². The van der Waals surface area contributed by atoms with Crippen molar-refractivity contribution in [3.63, 3.8) is 0 Å². The predicted octanol–water partition coefficient (Wildman–Crippen LogP) is 15.2. The molecule has 11 aromatic rings. The Labute approximate surface area is 332 Å². The van der Waals surface area contributed by atoms with Crippen LogP contribution in [0.2, 0.25) is 0 Å². The van der Waals surface area contributed by atoms with Crippen LogP contribution in [-0.4, -0.2) is 4.40 Å². The van der Waals surface area contributed by atoms with E-state index in [-0.39, 0.29) is 0 Å². The standard InChI is InChI=1S/C54H41N3/c1-3-36-26-30-42(31-27-36)55(40-18-7-5-8-19-40)53-44-22-13-11-16-38(44)34-48-50(53)46-24-15-25-47-51-49(57(48)52(46)47)35-39-17-12-14-23-45(39)54(51)56(41-20-9-6-10-21-41)43-32-28-37(4-2)29-33-43/h5-35H,3-4H2,1-2H3. The molecule has 0 saturated carbocycles. The van der Waals surface area contributed by atoms with Gasteiger partial charge >= 0.3 is 0 Å². The summed E-state index contributed by atoms with van der Waals surface area (Å²) < 4.78 is 2.56. The minimum atomic E-state index is 1.00. The van der Waals surface area contributed by atoms with Gasteiger partial charge in [0.1, 0.15) is 0 Å². The van der Waals surface area contributed by atoms with Crippen molar-refractivity contribution in [2.45, 2.75) is 26.7 Å². The second kappa shape index (κ2) is 13.3. The maximum absolute atomic E-state index is 2.56. The molecule has 0 fully saturated rings. The number of nitrogens with zero attached hydrogens (tertiary/aromatic N) is 3. The van der Waals surface area contributed by atoms with Gasteiger partial charge in [0.2, 0.25) is 0 Å². The first-order chi connectivity index (χ1) is 28.2. The molecule has 0 N–H and O–H groups in total. The first-order valence-corrected chi connectivity index (χ1v) is 20.2. The quantitative estimate of drug-likeness (QED) is 0.154. The first-order valence-electron chi connectivity index (χ1n) is 20.2. The van der Waals surface area contributed by atoms with Gasteiger partial charge in [0.05, 0.1) is 27.9 Å². The topological polar surface area (TPSA) is 10.9 Å². The monoisotopic (exact) mass is 731 g/mol. The van der Waals surface area contributed by atoms with Gasteiger partial charge in [-0.05, 0) is 95.4 Å². The molecule has 272 valence electrons. The number of para-hydroxylation sites is 3. The van der Waals surface area contributed by atoms with Crippen molar-refractivity contribution < 1.29 is 0 Å². The van der Waals surface area contributed by atoms with E-state index in [0.29, 0.717) is 0 Å². The molecule has 0 aliphatic rings. The van der Waals surface area contributed by atoms with Gasteiger partial charge in [-0.3, -0.25) is 0 Å². The van der Waals surface area contributed by atoms with Crippen molar-refractivity contribution in [3.05, 3.63) is 199 Å². The van der Waals surface area contributed by atoms with E-state index in [0.717, 1.165) is 35.6 Å². The number of aryl methyl sites for hydroxylation is 2. The van der Waals surface area contributed by atoms with Crippen molar-refractivity contribution in [1.82, 2.24) is 4.40 Å². The molecule has 0 unspecified atom stereocenters. The van der Waals surface area contributed by atoms with Crippen molar-refractivity contribution in [3.8, 4) is 0 Å². The highest BCUT2D eigenvalue weighted by Gasteiger charge is 2.28. The summed E-state index contributed by atoms with van der Waals surface area (Å²) in [4.78, 5) is 4.96. The molecule has 57 heavy (non-hydrogen) atoms. The summed E-state index contributed by atoms with van der Waals surface area (Å²) in [6.45, 7) is 4.44. The summed E-state index contributed by atoms with van der Waals surface area (Å²) in [6.07, 6.45) is 2.00. The third-order valence-corrected chi connectivity index (χ3v) is 12.0. The molecule has 3 nitrogen and oxygen atoms in total. The molecule has 0 amide bonds. The molecule has 0 saturated heterocycles. The average molecular weight is 732 g/mol. The fourth-order valence-corrected chi connectivity index (χ4v) is 9.26. The zero-order valence-electron chi connectivity index (χ0n) is 32.2. The van der Waals surface area contributed by atoms with E-state index < -0.39 is 0 Å². The van der Waals surface area contributed by atoms with Gasteiger partial charge in [-0.15, -0.1) is 0 Å². The van der Waals surface area contributed by atoms with Crippen LogP contribution in [0, 0.1) is 0 Å². The summed E-state index contributed by atoms with van der Waals surface area (Å²) >= 11 is 0. The Morgan fingerprint density at radius 2 is 0.737 bits per heavy atom. The van der Waals surface area contributed by atoms with Crippen molar-refractivity contribution in [2.75, 3.05) is 9.80 Å². The molecule has 2 aromatic heterocycles. The van der Waals surface area contributed by atoms with E-state index in [1.807, 2.05) is 0 Å². The molecule has 0 aliphatic heterocycles. The SMILES string of the molecule is CCc1ccc(N(c2ccccc2)c2c3ccccc3cc3c2c2cccc4c5c(N(c6ccccc6)c6ccc(CC)cc6)c6ccccc6cc5n3c24)cc1. The molecule has 2 heterocycles. The lowest BCUT2D eigenvalue weighted by atomic mass is 9.97. The van der Waals surface area contributed by atoms with Crippen molar-refractivity contribution >= 4 is 93.8 Å². The van der Waals surface area contributed by atoms with E-state index in [1.54, 1.807) is 0 Å². The van der Waals surface area contributed by atoms with E-state index in [9.17, 15) is 0 Å². The Bertz CT molecular complexity index is 3020. The van der Waals surface area contributed by atoms with Gasteiger partial charge in [0.25, 0.3) is 0 Å². The van der Waals surface area contributed by atoms with Gasteiger partial charge < -0.3 is 14.2 Å². The Kier molecular flexibility index (Phi) is 7.75. The molecule has 3 heteroatoms. The van der Waals surface area contributed by atoms with Crippen LogP contribution in [0.15, 0.2) is 188 Å². The third-order valence-electron chi connectivity index (χ3n) is 12.0. The maximum atomic E-state index is 2.56. The van der Waals surface area contributed by atoms with Crippen LogP contribution in [0.1, 0.15) is 25.0 Å². The molecule has 0 aliphatic carbocycles. The highest BCUT2D eigenvalue weighted by molar-refractivity contribution is 6.33. The largest absolute Gasteiger partial charge is 0.309 e. The summed E-state index contributed by atoms with van der Waals surface area (Å²) in [6, 6.07) is 69.5. The second-order valence-electron chi connectivity index (χ2n) is 15.1. The molecule has 11 rings (SSSR count). The Morgan fingerprint density at radius 1 is 0.368 bits per heavy atom. The van der Waals surface area contributed by atoms with Crippen molar-refractivity contribution in [2.24, 2.45) is 0 Å². The smallest absolute Gasteiger partial charge is 0.0640 e. The van der Waals surface area contributed by atoms with E-state index >= 15 is 0 Å². The Hall–Kier alpha value is -7.10. The molecular formula is C54H41N3. The van der Waals surface area contributed by atoms with E-state index in [1.165, 1.54) is 82.1 Å². The summed E-state index contributed by atoms with van der Waals surface area (Å²) in [5.41, 5.74) is 13.3. The minimum Gasteiger partial charge on any atom is -0.309 e. The van der Waals surface area contributed by atoms with Crippen LogP contribution in [0.5, 0.6) is 0 Å². The normalized spacial score (nSPS) is 11.8. The number of anilines is 6. The highest BCUT2D eigenvalue weighted by Crippen LogP contribution is 2.53. The van der Waals surface area contributed by atoms with Crippen LogP contribution in [0.4, 0.5) is 34.1 Å². The van der Waals surface area contributed by atoms with Crippen LogP contribution in [0.25, 0.3) is 59.6 Å². The summed E-state index contributed by atoms with van der Waals surface area (Å²) in [5.74, 6) is 0. The van der Waals surface area contributed by atoms with Gasteiger partial charge in [-0.25, -0.2) is 0 Å². The lowest BCUT2D eigenvalue weighted by molar-refractivity contribution is 1.14. The van der Waals surface area contributed by atoms with Crippen LogP contribution in [0.3, 0.4) is 0 Å². The molecular weight excluding hydrogens is 691 g/mol. The van der Waals surface area contributed by atoms with Gasteiger partial charge in [-0.2, -0.15) is 0 Å². The number of aromatic nitrogens is 1. The summed E-state index contributed by atoms with van der Waals surface area (Å²) in [7, 11) is 0. The average Bonchev–Trinajstić information content (AvgIpc) is 3.79. The van der Waals surface area contributed by atoms with Crippen LogP contribution < -0.4 is 9.80 Å². The van der Waals surface area contributed by atoms with Crippen LogP contribution in [-0.2, 0) is 12.8 Å². The third kappa shape index (κ3) is 5.12. The fourth-order valence-electron chi connectivity index (χ4n) is 9.26. The number of benzene rings is 9. The first kappa shape index (κ1) is 33.3. The number of hydrogen-bond donors (Lipinski definition) is 0. The zero-order chi connectivity index (χ0) is 38.0. The van der Waals surface area contributed by atoms with Crippen molar-refractivity contribution in [1.29, 1.82) is 0 Å². The molecule has 0 spiro atoms. The Balaban J connectivity index is 1.31. The van der Waals surface area contributed by atoms with Gasteiger partial charge in [-0.1, -0.05) is 141 Å².